The molecule has 1 N–H and O–H groups in total. The average Bonchev–Trinajstić information content (AvgIpc) is 2.41. The Bertz CT molecular complexity index is 344. The van der Waals surface area contributed by atoms with E-state index in [1.54, 1.807) is 0 Å². The van der Waals surface area contributed by atoms with Gasteiger partial charge in [-0.2, -0.15) is 0 Å². The number of phenolic OH excluding ortho intramolecular Hbond substituents is 1. The Morgan fingerprint density at radius 1 is 0.789 bits per heavy atom. The molecule has 1 rings (SSSR count). The first-order chi connectivity index (χ1) is 9.29. The molecule has 0 radical (unpaired) electrons. The largest absolute Gasteiger partial charge is 0.508 e. The van der Waals surface area contributed by atoms with Crippen LogP contribution in [0.3, 0.4) is 0 Å². The van der Waals surface area contributed by atoms with Crippen molar-refractivity contribution < 1.29 is 5.11 Å². The van der Waals surface area contributed by atoms with Crippen molar-refractivity contribution in [1.29, 1.82) is 0 Å². The molecular weight excluding hydrogens is 232 g/mol. The summed E-state index contributed by atoms with van der Waals surface area (Å²) in [6.07, 6.45) is 12.6. The third-order valence-electron chi connectivity index (χ3n) is 3.80. The van der Waals surface area contributed by atoms with E-state index < -0.39 is 0 Å². The average molecular weight is 262 g/mol. The van der Waals surface area contributed by atoms with Gasteiger partial charge in [0.25, 0.3) is 0 Å². The van der Waals surface area contributed by atoms with E-state index in [4.69, 9.17) is 0 Å². The second-order valence-electron chi connectivity index (χ2n) is 5.54. The predicted octanol–water partition coefficient (Wildman–Crippen LogP) is 5.64. The van der Waals surface area contributed by atoms with Crippen LogP contribution in [0.15, 0.2) is 18.2 Å². The molecule has 1 nitrogen and oxygen atoms in total. The van der Waals surface area contributed by atoms with E-state index in [1.165, 1.54) is 56.1 Å². The summed E-state index contributed by atoms with van der Waals surface area (Å²) >= 11 is 0. The lowest BCUT2D eigenvalue weighted by molar-refractivity contribution is 0.464. The lowest BCUT2D eigenvalue weighted by Gasteiger charge is -2.10. The molecule has 0 fully saturated rings. The minimum Gasteiger partial charge on any atom is -0.508 e. The first kappa shape index (κ1) is 16.1. The quantitative estimate of drug-likeness (QED) is 0.541. The van der Waals surface area contributed by atoms with Crippen LogP contribution >= 0.6 is 0 Å². The summed E-state index contributed by atoms with van der Waals surface area (Å²) in [5.74, 6) is 0.497. The molecule has 0 amide bonds. The molecule has 1 aromatic rings. The van der Waals surface area contributed by atoms with E-state index >= 15 is 0 Å². The molecule has 0 atom stereocenters. The Morgan fingerprint density at radius 2 is 1.47 bits per heavy atom. The third kappa shape index (κ3) is 6.13. The van der Waals surface area contributed by atoms with Crippen molar-refractivity contribution >= 4 is 0 Å². The minimum atomic E-state index is 0.497. The fourth-order valence-electron chi connectivity index (χ4n) is 2.67. The molecule has 0 saturated heterocycles. The van der Waals surface area contributed by atoms with E-state index in [-0.39, 0.29) is 0 Å². The topological polar surface area (TPSA) is 20.2 Å². The lowest BCUT2D eigenvalue weighted by atomic mass is 9.97. The van der Waals surface area contributed by atoms with Gasteiger partial charge in [0, 0.05) is 0 Å². The van der Waals surface area contributed by atoms with Crippen molar-refractivity contribution in [3.05, 3.63) is 29.3 Å². The highest BCUT2D eigenvalue weighted by molar-refractivity contribution is 5.39. The molecule has 0 saturated carbocycles. The van der Waals surface area contributed by atoms with E-state index in [0.717, 1.165) is 19.3 Å². The minimum absolute atomic E-state index is 0.497. The maximum atomic E-state index is 9.99. The number of aryl methyl sites for hydroxylation is 1. The smallest absolute Gasteiger partial charge is 0.119 e. The molecule has 108 valence electrons. The number of aromatic hydroxyl groups is 1. The van der Waals surface area contributed by atoms with Gasteiger partial charge in [-0.3, -0.25) is 0 Å². The van der Waals surface area contributed by atoms with Gasteiger partial charge in [0.05, 0.1) is 0 Å². The van der Waals surface area contributed by atoms with E-state index in [0.29, 0.717) is 5.75 Å². The fraction of sp³-hybridized carbons (Fsp3) is 0.667. The number of hydrogen-bond donors (Lipinski definition) is 1. The van der Waals surface area contributed by atoms with E-state index in [1.807, 2.05) is 12.1 Å². The summed E-state index contributed by atoms with van der Waals surface area (Å²) in [6.45, 7) is 4.45. The van der Waals surface area contributed by atoms with Crippen molar-refractivity contribution in [2.45, 2.75) is 78.1 Å². The molecule has 19 heavy (non-hydrogen) atoms. The number of rotatable bonds is 10. The van der Waals surface area contributed by atoms with Crippen LogP contribution in [0.5, 0.6) is 5.75 Å². The molecule has 0 unspecified atom stereocenters. The lowest BCUT2D eigenvalue weighted by Crippen LogP contribution is -1.95. The van der Waals surface area contributed by atoms with Gasteiger partial charge in [0.15, 0.2) is 0 Å². The van der Waals surface area contributed by atoms with Gasteiger partial charge in [0.1, 0.15) is 5.75 Å². The van der Waals surface area contributed by atoms with Crippen LogP contribution in [0, 0.1) is 0 Å². The normalized spacial score (nSPS) is 10.8. The molecule has 0 aliphatic heterocycles. The summed E-state index contributed by atoms with van der Waals surface area (Å²) in [4.78, 5) is 0. The van der Waals surface area contributed by atoms with E-state index in [2.05, 4.69) is 19.9 Å². The van der Waals surface area contributed by atoms with Crippen molar-refractivity contribution in [3.8, 4) is 5.75 Å². The van der Waals surface area contributed by atoms with Gasteiger partial charge in [-0.1, -0.05) is 70.9 Å². The van der Waals surface area contributed by atoms with Gasteiger partial charge in [-0.15, -0.1) is 0 Å². The van der Waals surface area contributed by atoms with Crippen molar-refractivity contribution in [3.63, 3.8) is 0 Å². The van der Waals surface area contributed by atoms with Crippen LogP contribution in [0.1, 0.15) is 76.3 Å². The van der Waals surface area contributed by atoms with Crippen LogP contribution in [-0.4, -0.2) is 5.11 Å². The standard InChI is InChI=1S/C18H30O/c1-3-5-6-7-8-9-10-14-17-16(12-4-2)13-11-15-18(17)19/h11,13,15,19H,3-10,12,14H2,1-2H3. The van der Waals surface area contributed by atoms with Gasteiger partial charge in [0.2, 0.25) is 0 Å². The second-order valence-corrected chi connectivity index (χ2v) is 5.54. The molecule has 0 bridgehead atoms. The Kier molecular flexibility index (Phi) is 8.36. The molecule has 0 aliphatic carbocycles. The van der Waals surface area contributed by atoms with Crippen LogP contribution in [-0.2, 0) is 12.8 Å². The molecule has 1 heteroatoms. The monoisotopic (exact) mass is 262 g/mol. The summed E-state index contributed by atoms with van der Waals surface area (Å²) < 4.78 is 0. The van der Waals surface area contributed by atoms with Gasteiger partial charge in [-0.25, -0.2) is 0 Å². The zero-order valence-electron chi connectivity index (χ0n) is 12.8. The molecule has 0 aliphatic rings. The fourth-order valence-corrected chi connectivity index (χ4v) is 2.67. The summed E-state index contributed by atoms with van der Waals surface area (Å²) in [5, 5.41) is 9.99. The first-order valence-corrected chi connectivity index (χ1v) is 8.09. The SMILES string of the molecule is CCCCCCCCCc1c(O)cccc1CCC. The Morgan fingerprint density at radius 3 is 2.16 bits per heavy atom. The zero-order valence-corrected chi connectivity index (χ0v) is 12.8. The Balaban J connectivity index is 2.32. The summed E-state index contributed by atoms with van der Waals surface area (Å²) in [5.41, 5.74) is 2.53. The summed E-state index contributed by atoms with van der Waals surface area (Å²) in [7, 11) is 0. The second kappa shape index (κ2) is 9.89. The highest BCUT2D eigenvalue weighted by Crippen LogP contribution is 2.24. The number of benzene rings is 1. The van der Waals surface area contributed by atoms with E-state index in [9.17, 15) is 5.11 Å². The van der Waals surface area contributed by atoms with Gasteiger partial charge >= 0.3 is 0 Å². The number of unbranched alkanes of at least 4 members (excludes halogenated alkanes) is 6. The van der Waals surface area contributed by atoms with Crippen LogP contribution in [0.4, 0.5) is 0 Å². The summed E-state index contributed by atoms with van der Waals surface area (Å²) in [6, 6.07) is 5.96. The molecular formula is C18H30O. The number of phenols is 1. The molecule has 1 aromatic carbocycles. The first-order valence-electron chi connectivity index (χ1n) is 8.09. The Labute approximate surface area is 119 Å². The molecule has 0 aromatic heterocycles. The molecule has 0 heterocycles. The predicted molar refractivity (Wildman–Crippen MR) is 83.8 cm³/mol. The number of hydrogen-bond acceptors (Lipinski definition) is 1. The maximum absolute atomic E-state index is 9.99. The van der Waals surface area contributed by atoms with Crippen molar-refractivity contribution in [2.75, 3.05) is 0 Å². The molecule has 0 spiro atoms. The zero-order chi connectivity index (χ0) is 13.9. The maximum Gasteiger partial charge on any atom is 0.119 e. The highest BCUT2D eigenvalue weighted by atomic mass is 16.3. The van der Waals surface area contributed by atoms with Crippen molar-refractivity contribution in [2.24, 2.45) is 0 Å². The highest BCUT2D eigenvalue weighted by Gasteiger charge is 2.06. The van der Waals surface area contributed by atoms with Crippen LogP contribution in [0.25, 0.3) is 0 Å². The van der Waals surface area contributed by atoms with Crippen LogP contribution < -0.4 is 0 Å². The van der Waals surface area contributed by atoms with Gasteiger partial charge < -0.3 is 5.11 Å². The Hall–Kier alpha value is -0.980. The van der Waals surface area contributed by atoms with Crippen molar-refractivity contribution in [1.82, 2.24) is 0 Å². The van der Waals surface area contributed by atoms with Crippen LogP contribution in [0.2, 0.25) is 0 Å². The third-order valence-corrected chi connectivity index (χ3v) is 3.80. The van der Waals surface area contributed by atoms with Gasteiger partial charge in [-0.05, 0) is 36.5 Å².